The van der Waals surface area contributed by atoms with E-state index in [2.05, 4.69) is 9.56 Å². The maximum Gasteiger partial charge on any atom is 0.372 e. The summed E-state index contributed by atoms with van der Waals surface area (Å²) in [7, 11) is 5.08. The molecule has 0 radical (unpaired) electrons. The lowest BCUT2D eigenvalue weighted by Gasteiger charge is -2.27. The van der Waals surface area contributed by atoms with Gasteiger partial charge in [0.2, 0.25) is 0 Å². The molecule has 0 heterocycles. The van der Waals surface area contributed by atoms with Gasteiger partial charge < -0.3 is 0 Å². The largest absolute Gasteiger partial charge is 0.372 e. The highest BCUT2D eigenvalue weighted by Gasteiger charge is 2.30. The fourth-order valence-corrected chi connectivity index (χ4v) is 1.76. The zero-order valence-corrected chi connectivity index (χ0v) is 8.46. The SMILES string of the molecule is COOP(=O)(N(C)C)N(C)C. The third kappa shape index (κ3) is 2.54. The van der Waals surface area contributed by atoms with Crippen LogP contribution in [0.25, 0.3) is 0 Å². The van der Waals surface area contributed by atoms with Crippen LogP contribution >= 0.6 is 7.67 Å². The Morgan fingerprint density at radius 2 is 1.45 bits per heavy atom. The van der Waals surface area contributed by atoms with Crippen molar-refractivity contribution in [2.24, 2.45) is 0 Å². The van der Waals surface area contributed by atoms with E-state index >= 15 is 0 Å². The van der Waals surface area contributed by atoms with Crippen LogP contribution in [0.3, 0.4) is 0 Å². The first-order valence-corrected chi connectivity index (χ1v) is 4.66. The predicted molar refractivity (Wildman–Crippen MR) is 43.1 cm³/mol. The van der Waals surface area contributed by atoms with Crippen LogP contribution in [0.4, 0.5) is 0 Å². The molecule has 0 saturated heterocycles. The van der Waals surface area contributed by atoms with Gasteiger partial charge in [0, 0.05) is 0 Å². The summed E-state index contributed by atoms with van der Waals surface area (Å²) in [5, 5.41) is 0. The minimum Gasteiger partial charge on any atom is -0.253 e. The highest BCUT2D eigenvalue weighted by atomic mass is 31.2. The monoisotopic (exact) mass is 182 g/mol. The van der Waals surface area contributed by atoms with Gasteiger partial charge in [-0.2, -0.15) is 0 Å². The van der Waals surface area contributed by atoms with Gasteiger partial charge in [0.15, 0.2) is 0 Å². The third-order valence-electron chi connectivity index (χ3n) is 1.18. The maximum atomic E-state index is 11.7. The summed E-state index contributed by atoms with van der Waals surface area (Å²) < 4.78 is 19.3. The number of hydrogen-bond donors (Lipinski definition) is 0. The topological polar surface area (TPSA) is 42.0 Å². The lowest BCUT2D eigenvalue weighted by molar-refractivity contribution is -0.186. The first-order valence-electron chi connectivity index (χ1n) is 3.13. The molecular formula is C5H15N2O3P. The van der Waals surface area contributed by atoms with Crippen molar-refractivity contribution in [1.29, 1.82) is 0 Å². The summed E-state index contributed by atoms with van der Waals surface area (Å²) in [4.78, 5) is 4.38. The van der Waals surface area contributed by atoms with E-state index < -0.39 is 7.67 Å². The Balaban J connectivity index is 4.40. The predicted octanol–water partition coefficient (Wildman–Crippen LogP) is 0.796. The van der Waals surface area contributed by atoms with Crippen LogP contribution in [0.15, 0.2) is 0 Å². The van der Waals surface area contributed by atoms with Gasteiger partial charge in [-0.1, -0.05) is 0 Å². The minimum absolute atomic E-state index is 1.33. The molecule has 0 atom stereocenters. The zero-order valence-electron chi connectivity index (χ0n) is 7.57. The van der Waals surface area contributed by atoms with E-state index in [4.69, 9.17) is 0 Å². The third-order valence-corrected chi connectivity index (χ3v) is 3.55. The minimum atomic E-state index is -2.92. The van der Waals surface area contributed by atoms with E-state index in [1.807, 2.05) is 0 Å². The number of nitrogens with zero attached hydrogens (tertiary/aromatic N) is 2. The Morgan fingerprint density at radius 3 is 1.55 bits per heavy atom. The summed E-state index contributed by atoms with van der Waals surface area (Å²) in [6, 6.07) is 0. The van der Waals surface area contributed by atoms with E-state index in [-0.39, 0.29) is 0 Å². The van der Waals surface area contributed by atoms with Gasteiger partial charge in [0.05, 0.1) is 7.11 Å². The highest BCUT2D eigenvalue weighted by molar-refractivity contribution is 7.53. The van der Waals surface area contributed by atoms with Crippen molar-refractivity contribution in [3.8, 4) is 0 Å². The van der Waals surface area contributed by atoms with Crippen molar-refractivity contribution in [2.75, 3.05) is 35.3 Å². The summed E-state index contributed by atoms with van der Waals surface area (Å²) in [5.74, 6) is 0. The molecule has 0 rings (SSSR count). The molecule has 0 aliphatic heterocycles. The van der Waals surface area contributed by atoms with Crippen LogP contribution in [0.5, 0.6) is 0 Å². The van der Waals surface area contributed by atoms with Gasteiger partial charge in [0.1, 0.15) is 0 Å². The zero-order chi connectivity index (χ0) is 9.07. The van der Waals surface area contributed by atoms with Crippen molar-refractivity contribution < 1.29 is 14.1 Å². The van der Waals surface area contributed by atoms with E-state index in [9.17, 15) is 4.57 Å². The molecule has 0 aromatic rings. The Hall–Kier alpha value is 0.0700. The molecule has 0 unspecified atom stereocenters. The lowest BCUT2D eigenvalue weighted by Crippen LogP contribution is -2.22. The van der Waals surface area contributed by atoms with Gasteiger partial charge in [-0.15, -0.1) is 4.67 Å². The normalized spacial score (nSPS) is 13.0. The van der Waals surface area contributed by atoms with Gasteiger partial charge in [0.25, 0.3) is 0 Å². The standard InChI is InChI=1S/C5H15N2O3P/c1-6(2)11(8,7(3)4)10-9-5/h1-5H3. The molecule has 0 aromatic heterocycles. The van der Waals surface area contributed by atoms with Crippen LogP contribution in [0.1, 0.15) is 0 Å². The van der Waals surface area contributed by atoms with E-state index in [1.165, 1.54) is 16.5 Å². The van der Waals surface area contributed by atoms with Crippen molar-refractivity contribution in [1.82, 2.24) is 9.34 Å². The van der Waals surface area contributed by atoms with Crippen LogP contribution < -0.4 is 0 Å². The Labute approximate surface area is 67.4 Å². The lowest BCUT2D eigenvalue weighted by atomic mass is 11.3. The average molecular weight is 182 g/mol. The second-order valence-electron chi connectivity index (χ2n) is 2.43. The molecule has 0 aromatic carbocycles. The number of hydrogen-bond acceptors (Lipinski definition) is 3. The summed E-state index contributed by atoms with van der Waals surface area (Å²) in [6.45, 7) is 0. The fraction of sp³-hybridized carbons (Fsp3) is 1.00. The fourth-order valence-electron chi connectivity index (χ4n) is 0.588. The van der Waals surface area contributed by atoms with Crippen LogP contribution in [-0.2, 0) is 14.1 Å². The average Bonchev–Trinajstić information content (AvgIpc) is 1.87. The second-order valence-corrected chi connectivity index (χ2v) is 5.16. The summed E-state index contributed by atoms with van der Waals surface area (Å²) in [5.41, 5.74) is 0. The highest BCUT2D eigenvalue weighted by Crippen LogP contribution is 2.50. The molecule has 0 spiro atoms. The van der Waals surface area contributed by atoms with Gasteiger partial charge in [-0.3, -0.25) is 4.57 Å². The molecule has 0 saturated carbocycles. The molecule has 0 aliphatic rings. The van der Waals surface area contributed by atoms with Crippen LogP contribution in [-0.4, -0.2) is 44.6 Å². The molecule has 0 N–H and O–H groups in total. The molecule has 0 bridgehead atoms. The molecule has 0 aliphatic carbocycles. The van der Waals surface area contributed by atoms with Gasteiger partial charge in [-0.25, -0.2) is 14.2 Å². The molecular weight excluding hydrogens is 167 g/mol. The Kier molecular flexibility index (Phi) is 4.21. The van der Waals surface area contributed by atoms with E-state index in [0.717, 1.165) is 0 Å². The van der Waals surface area contributed by atoms with Gasteiger partial charge in [-0.05, 0) is 28.2 Å². The maximum absolute atomic E-state index is 11.7. The first kappa shape index (κ1) is 11.1. The van der Waals surface area contributed by atoms with Crippen molar-refractivity contribution in [3.63, 3.8) is 0 Å². The molecule has 11 heavy (non-hydrogen) atoms. The molecule has 0 amide bonds. The molecule has 6 heteroatoms. The molecule has 5 nitrogen and oxygen atoms in total. The first-order chi connectivity index (χ1) is 4.95. The van der Waals surface area contributed by atoms with Gasteiger partial charge >= 0.3 is 7.67 Å². The van der Waals surface area contributed by atoms with E-state index in [0.29, 0.717) is 0 Å². The second kappa shape index (κ2) is 4.18. The Bertz CT molecular complexity index is 148. The van der Waals surface area contributed by atoms with Crippen molar-refractivity contribution in [2.45, 2.75) is 0 Å². The van der Waals surface area contributed by atoms with Crippen molar-refractivity contribution >= 4 is 7.67 Å². The summed E-state index contributed by atoms with van der Waals surface area (Å²) in [6.07, 6.45) is 0. The van der Waals surface area contributed by atoms with Crippen LogP contribution in [0.2, 0.25) is 0 Å². The Morgan fingerprint density at radius 1 is 1.09 bits per heavy atom. The van der Waals surface area contributed by atoms with E-state index in [1.54, 1.807) is 28.2 Å². The molecule has 0 fully saturated rings. The van der Waals surface area contributed by atoms with Crippen LogP contribution in [0, 0.1) is 0 Å². The summed E-state index contributed by atoms with van der Waals surface area (Å²) >= 11 is 0. The van der Waals surface area contributed by atoms with Crippen molar-refractivity contribution in [3.05, 3.63) is 0 Å². The smallest absolute Gasteiger partial charge is 0.253 e. The number of rotatable bonds is 4. The quantitative estimate of drug-likeness (QED) is 0.365. The molecule has 68 valence electrons.